The Hall–Kier alpha value is 0.00338. The Morgan fingerprint density at radius 1 is 1.00 bits per heavy atom. The first-order chi connectivity index (χ1) is 3.73. The van der Waals surface area contributed by atoms with Crippen molar-refractivity contribution in [1.29, 1.82) is 0 Å². The fourth-order valence-corrected chi connectivity index (χ4v) is 0. The molecule has 13 heteroatoms. The zero-order valence-electron chi connectivity index (χ0n) is 8.38. The van der Waals surface area contributed by atoms with Crippen molar-refractivity contribution in [3.63, 3.8) is 0 Å². The molecule has 0 unspecified atom stereocenters. The van der Waals surface area contributed by atoms with Gasteiger partial charge in [0.2, 0.25) is 0 Å². The van der Waals surface area contributed by atoms with Gasteiger partial charge in [-0.25, -0.2) is 4.57 Å². The summed E-state index contributed by atoms with van der Waals surface area (Å²) < 4.78 is 8.88. The van der Waals surface area contributed by atoms with Crippen LogP contribution in [-0.4, -0.2) is 36.7 Å². The standard InChI is InChI=1S/C2H4O2.3H3N.H3O4P.2H2O.Zn/c1-2(3)4;;;;1-5(2,3)4;;;/h1H3,(H,3,4);3*1H3;(H3,1,2,3,4);2*1H2;. The van der Waals surface area contributed by atoms with Crippen molar-refractivity contribution in [1.82, 2.24) is 18.5 Å². The Balaban J connectivity index is -0.00000000785. The fraction of sp³-hybridized carbons (Fsp3) is 0.500. The number of carbonyl (C=O) groups is 1. The number of carboxylic acids is 1. The van der Waals surface area contributed by atoms with E-state index in [9.17, 15) is 0 Å². The molecule has 0 aliphatic heterocycles. The molecule has 0 spiro atoms. The average Bonchev–Trinajstić information content (AvgIpc) is 1.19. The first-order valence-corrected chi connectivity index (χ1v) is 3.28. The van der Waals surface area contributed by atoms with Gasteiger partial charge in [-0.2, -0.15) is 0 Å². The number of rotatable bonds is 0. The Morgan fingerprint density at radius 2 is 1.00 bits per heavy atom. The van der Waals surface area contributed by atoms with Gasteiger partial charge in [0.15, 0.2) is 0 Å². The van der Waals surface area contributed by atoms with Crippen LogP contribution in [0.2, 0.25) is 0 Å². The molecule has 0 aromatic heterocycles. The van der Waals surface area contributed by atoms with E-state index in [1.54, 1.807) is 0 Å². The van der Waals surface area contributed by atoms with E-state index in [-0.39, 0.29) is 48.9 Å². The van der Waals surface area contributed by atoms with Crippen LogP contribution in [-0.2, 0) is 28.8 Å². The van der Waals surface area contributed by atoms with Crippen LogP contribution >= 0.6 is 7.82 Å². The molecule has 0 aliphatic carbocycles. The topological polar surface area (TPSA) is 283 Å². The molecule has 0 aromatic rings. The Labute approximate surface area is 99.3 Å². The number of phosphoric acid groups is 1. The molecule has 0 bridgehead atoms. The first kappa shape index (κ1) is 60.0. The molecule has 98 valence electrons. The van der Waals surface area contributed by atoms with Crippen molar-refractivity contribution in [3.8, 4) is 0 Å². The molecular formula is C2H20N3O8PZn. The maximum atomic E-state index is 9.00. The monoisotopic (exact) mass is 309 g/mol. The minimum Gasteiger partial charge on any atom is -0.481 e. The van der Waals surface area contributed by atoms with Crippen molar-refractivity contribution >= 4 is 13.8 Å². The van der Waals surface area contributed by atoms with E-state index in [2.05, 4.69) is 0 Å². The largest absolute Gasteiger partial charge is 0.481 e. The molecule has 15 heavy (non-hydrogen) atoms. The molecule has 0 aromatic carbocycles. The minimum absolute atomic E-state index is 0. The molecule has 0 radical (unpaired) electrons. The molecule has 0 amide bonds. The van der Waals surface area contributed by atoms with E-state index in [1.807, 2.05) is 0 Å². The SMILES string of the molecule is CC(=O)O.N.N.N.O.O.O=P(O)(O)O.[Zn]. The van der Waals surface area contributed by atoms with Gasteiger partial charge < -0.3 is 49.2 Å². The predicted octanol–water partition coefficient (Wildman–Crippen LogP) is -2.00. The number of hydrogen-bond donors (Lipinski definition) is 7. The quantitative estimate of drug-likeness (QED) is 0.192. The molecule has 0 atom stereocenters. The Kier molecular flexibility index (Phi) is 117. The summed E-state index contributed by atoms with van der Waals surface area (Å²) in [4.78, 5) is 30.6. The van der Waals surface area contributed by atoms with Gasteiger partial charge in [0, 0.05) is 26.4 Å². The van der Waals surface area contributed by atoms with Crippen molar-refractivity contribution in [3.05, 3.63) is 0 Å². The first-order valence-electron chi connectivity index (χ1n) is 1.71. The normalized spacial score (nSPS) is 5.60. The van der Waals surface area contributed by atoms with Gasteiger partial charge in [-0.05, 0) is 0 Å². The van der Waals surface area contributed by atoms with Crippen LogP contribution in [0.4, 0.5) is 0 Å². The second-order valence-electron chi connectivity index (χ2n) is 1.03. The summed E-state index contributed by atoms with van der Waals surface area (Å²) in [6.45, 7) is 1.08. The van der Waals surface area contributed by atoms with Crippen LogP contribution in [0.15, 0.2) is 0 Å². The molecule has 0 fully saturated rings. The minimum atomic E-state index is -4.64. The summed E-state index contributed by atoms with van der Waals surface area (Å²) in [6, 6.07) is 0. The van der Waals surface area contributed by atoms with Crippen LogP contribution in [0.5, 0.6) is 0 Å². The van der Waals surface area contributed by atoms with E-state index in [0.717, 1.165) is 6.92 Å². The van der Waals surface area contributed by atoms with E-state index in [0.29, 0.717) is 0 Å². The van der Waals surface area contributed by atoms with Gasteiger partial charge in [0.05, 0.1) is 0 Å². The summed E-state index contributed by atoms with van der Waals surface area (Å²) in [5.41, 5.74) is 0. The molecule has 0 rings (SSSR count). The molecule has 17 N–H and O–H groups in total. The Bertz CT molecular complexity index is 128. The smallest absolute Gasteiger partial charge is 0.466 e. The second kappa shape index (κ2) is 29.2. The summed E-state index contributed by atoms with van der Waals surface area (Å²) in [5.74, 6) is -0.833. The van der Waals surface area contributed by atoms with E-state index in [1.165, 1.54) is 0 Å². The van der Waals surface area contributed by atoms with Gasteiger partial charge >= 0.3 is 7.82 Å². The summed E-state index contributed by atoms with van der Waals surface area (Å²) >= 11 is 0. The summed E-state index contributed by atoms with van der Waals surface area (Å²) in [6.07, 6.45) is 0. The molecule has 0 heterocycles. The van der Waals surface area contributed by atoms with Crippen LogP contribution < -0.4 is 18.5 Å². The van der Waals surface area contributed by atoms with Crippen molar-refractivity contribution in [2.75, 3.05) is 0 Å². The van der Waals surface area contributed by atoms with Gasteiger partial charge in [-0.15, -0.1) is 0 Å². The maximum Gasteiger partial charge on any atom is 0.466 e. The van der Waals surface area contributed by atoms with E-state index >= 15 is 0 Å². The zero-order valence-corrected chi connectivity index (χ0v) is 12.2. The number of hydrogen-bond acceptors (Lipinski definition) is 5. The van der Waals surface area contributed by atoms with E-state index < -0.39 is 13.8 Å². The van der Waals surface area contributed by atoms with Gasteiger partial charge in [0.1, 0.15) is 0 Å². The molecular weight excluding hydrogens is 290 g/mol. The fourth-order valence-electron chi connectivity index (χ4n) is 0. The van der Waals surface area contributed by atoms with Crippen molar-refractivity contribution in [2.24, 2.45) is 0 Å². The third-order valence-corrected chi connectivity index (χ3v) is 0. The molecule has 11 nitrogen and oxygen atoms in total. The number of carboxylic acid groups (broad SMARTS) is 1. The van der Waals surface area contributed by atoms with E-state index in [4.69, 9.17) is 29.1 Å². The van der Waals surface area contributed by atoms with Crippen LogP contribution in [0.3, 0.4) is 0 Å². The average molecular weight is 311 g/mol. The molecule has 0 saturated heterocycles. The summed E-state index contributed by atoms with van der Waals surface area (Å²) in [5, 5.41) is 7.42. The second-order valence-corrected chi connectivity index (χ2v) is 2.06. The van der Waals surface area contributed by atoms with Gasteiger partial charge in [-0.1, -0.05) is 0 Å². The van der Waals surface area contributed by atoms with Crippen molar-refractivity contribution < 1.29 is 59.6 Å². The van der Waals surface area contributed by atoms with Gasteiger partial charge in [-0.3, -0.25) is 4.79 Å². The Morgan fingerprint density at radius 3 is 1.00 bits per heavy atom. The van der Waals surface area contributed by atoms with Crippen LogP contribution in [0.25, 0.3) is 0 Å². The van der Waals surface area contributed by atoms with Crippen LogP contribution in [0, 0.1) is 0 Å². The summed E-state index contributed by atoms with van der Waals surface area (Å²) in [7, 11) is -4.64. The molecule has 0 saturated carbocycles. The molecule has 0 aliphatic rings. The third-order valence-electron chi connectivity index (χ3n) is 0. The predicted molar refractivity (Wildman–Crippen MR) is 49.9 cm³/mol. The van der Waals surface area contributed by atoms with Crippen molar-refractivity contribution in [2.45, 2.75) is 6.92 Å². The maximum absolute atomic E-state index is 9.00. The zero-order chi connectivity index (χ0) is 8.08. The van der Waals surface area contributed by atoms with Crippen LogP contribution in [0.1, 0.15) is 6.92 Å². The third kappa shape index (κ3) is 177000000. The van der Waals surface area contributed by atoms with Gasteiger partial charge in [0.25, 0.3) is 5.97 Å². The number of aliphatic carboxylic acids is 1.